The van der Waals surface area contributed by atoms with E-state index >= 15 is 0 Å². The Balaban J connectivity index is 2.23. The molecule has 0 aliphatic carbocycles. The average Bonchev–Trinajstić information content (AvgIpc) is 2.26. The molecule has 1 fully saturated rings. The Morgan fingerprint density at radius 3 is 2.86 bits per heavy atom. The van der Waals surface area contributed by atoms with Gasteiger partial charge in [0.25, 0.3) is 5.91 Å². The van der Waals surface area contributed by atoms with E-state index < -0.39 is 0 Å². The second-order valence-electron chi connectivity index (χ2n) is 2.97. The molecule has 14 heavy (non-hydrogen) atoms. The van der Waals surface area contributed by atoms with Crippen LogP contribution in [0.5, 0.6) is 0 Å². The third-order valence-electron chi connectivity index (χ3n) is 1.88. The molecule has 1 unspecified atom stereocenters. The van der Waals surface area contributed by atoms with E-state index in [0.717, 1.165) is 0 Å². The largest absolute Gasteiger partial charge is 0.378 e. The van der Waals surface area contributed by atoms with Gasteiger partial charge in [-0.3, -0.25) is 20.4 Å². The molecule has 1 aliphatic heterocycles. The number of ether oxygens (including phenoxy) is 1. The van der Waals surface area contributed by atoms with Gasteiger partial charge in [-0.25, -0.2) is 0 Å². The number of carbonyl (C=O) groups excluding carboxylic acids is 2. The van der Waals surface area contributed by atoms with Gasteiger partial charge in [-0.1, -0.05) is 6.92 Å². The summed E-state index contributed by atoms with van der Waals surface area (Å²) in [5, 5.41) is 2.97. The van der Waals surface area contributed by atoms with Gasteiger partial charge in [-0.2, -0.15) is 0 Å². The van der Waals surface area contributed by atoms with E-state index in [1.807, 2.05) is 0 Å². The molecule has 0 aromatic heterocycles. The van der Waals surface area contributed by atoms with E-state index in [4.69, 9.17) is 4.74 Å². The molecule has 0 saturated carbocycles. The van der Waals surface area contributed by atoms with E-state index in [1.165, 1.54) is 0 Å². The minimum absolute atomic E-state index is 0.213. The van der Waals surface area contributed by atoms with Crippen LogP contribution in [0.4, 0.5) is 0 Å². The normalized spacial score (nSPS) is 21.4. The summed E-state index contributed by atoms with van der Waals surface area (Å²) in [6, 6.07) is -0.374. The summed E-state index contributed by atoms with van der Waals surface area (Å²) in [6.45, 7) is 3.32. The Morgan fingerprint density at radius 2 is 2.29 bits per heavy atom. The Labute approximate surface area is 82.3 Å². The van der Waals surface area contributed by atoms with E-state index in [9.17, 15) is 9.59 Å². The first-order chi connectivity index (χ1) is 6.74. The molecule has 2 amide bonds. The van der Waals surface area contributed by atoms with Crippen LogP contribution in [-0.2, 0) is 14.3 Å². The minimum Gasteiger partial charge on any atom is -0.378 e. The highest BCUT2D eigenvalue weighted by atomic mass is 16.5. The van der Waals surface area contributed by atoms with Gasteiger partial charge in [0.05, 0.1) is 13.2 Å². The van der Waals surface area contributed by atoms with Crippen LogP contribution < -0.4 is 16.2 Å². The first-order valence-electron chi connectivity index (χ1n) is 4.64. The lowest BCUT2D eigenvalue weighted by Gasteiger charge is -2.22. The maximum atomic E-state index is 11.4. The molecule has 1 aliphatic rings. The quantitative estimate of drug-likeness (QED) is 0.477. The Morgan fingerprint density at radius 1 is 1.50 bits per heavy atom. The van der Waals surface area contributed by atoms with Crippen LogP contribution in [-0.4, -0.2) is 37.6 Å². The third-order valence-corrected chi connectivity index (χ3v) is 1.88. The zero-order valence-electron chi connectivity index (χ0n) is 8.13. The molecule has 1 heterocycles. The van der Waals surface area contributed by atoms with Crippen LogP contribution in [0.15, 0.2) is 0 Å². The van der Waals surface area contributed by atoms with Crippen molar-refractivity contribution in [1.29, 1.82) is 0 Å². The molecule has 0 radical (unpaired) electrons. The van der Waals surface area contributed by atoms with Crippen LogP contribution in [0.25, 0.3) is 0 Å². The van der Waals surface area contributed by atoms with Crippen LogP contribution in [0.2, 0.25) is 0 Å². The highest BCUT2D eigenvalue weighted by molar-refractivity contribution is 5.85. The molecule has 0 spiro atoms. The van der Waals surface area contributed by atoms with E-state index in [2.05, 4.69) is 16.2 Å². The smallest absolute Gasteiger partial charge is 0.257 e. The molecule has 0 aromatic carbocycles. The zero-order valence-corrected chi connectivity index (χ0v) is 8.13. The van der Waals surface area contributed by atoms with Crippen molar-refractivity contribution in [3.05, 3.63) is 0 Å². The van der Waals surface area contributed by atoms with E-state index in [0.29, 0.717) is 26.2 Å². The summed E-state index contributed by atoms with van der Waals surface area (Å²) in [5.74, 6) is -0.485. The lowest BCUT2D eigenvalue weighted by molar-refractivity contribution is -0.131. The molecule has 6 nitrogen and oxygen atoms in total. The molecule has 0 bridgehead atoms. The lowest BCUT2D eigenvalue weighted by Crippen LogP contribution is -2.55. The first-order valence-corrected chi connectivity index (χ1v) is 4.64. The fourth-order valence-electron chi connectivity index (χ4n) is 1.04. The van der Waals surface area contributed by atoms with Crippen LogP contribution in [0, 0.1) is 0 Å². The van der Waals surface area contributed by atoms with Crippen molar-refractivity contribution in [2.75, 3.05) is 19.8 Å². The summed E-state index contributed by atoms with van der Waals surface area (Å²) in [4.78, 5) is 22.2. The standard InChI is InChI=1S/C8H15N3O3/c1-2-7(12)10-11-8(13)6-5-14-4-3-9-6/h6,9H,2-5H2,1H3,(H,10,12)(H,11,13). The maximum absolute atomic E-state index is 11.4. The highest BCUT2D eigenvalue weighted by Gasteiger charge is 2.20. The maximum Gasteiger partial charge on any atom is 0.257 e. The molecule has 0 aromatic rings. The SMILES string of the molecule is CCC(=O)NNC(=O)C1COCCN1. The van der Waals surface area contributed by atoms with Gasteiger partial charge in [0.15, 0.2) is 0 Å². The summed E-state index contributed by atoms with van der Waals surface area (Å²) in [7, 11) is 0. The van der Waals surface area contributed by atoms with Crippen LogP contribution >= 0.6 is 0 Å². The first kappa shape index (κ1) is 10.9. The second-order valence-corrected chi connectivity index (χ2v) is 2.97. The van der Waals surface area contributed by atoms with E-state index in [1.54, 1.807) is 6.92 Å². The van der Waals surface area contributed by atoms with Crippen molar-refractivity contribution in [2.45, 2.75) is 19.4 Å². The average molecular weight is 201 g/mol. The monoisotopic (exact) mass is 201 g/mol. The second kappa shape index (κ2) is 5.56. The number of hydrazine groups is 1. The van der Waals surface area contributed by atoms with Crippen molar-refractivity contribution in [2.24, 2.45) is 0 Å². The fraction of sp³-hybridized carbons (Fsp3) is 0.750. The predicted molar refractivity (Wildman–Crippen MR) is 49.2 cm³/mol. The Hall–Kier alpha value is -1.14. The minimum atomic E-state index is -0.374. The van der Waals surface area contributed by atoms with Gasteiger partial charge in [0.1, 0.15) is 6.04 Å². The van der Waals surface area contributed by atoms with Crippen molar-refractivity contribution in [3.63, 3.8) is 0 Å². The van der Waals surface area contributed by atoms with Gasteiger partial charge in [0.2, 0.25) is 5.91 Å². The summed E-state index contributed by atoms with van der Waals surface area (Å²) >= 11 is 0. The molecule has 80 valence electrons. The third kappa shape index (κ3) is 3.31. The van der Waals surface area contributed by atoms with Gasteiger partial charge in [-0.05, 0) is 0 Å². The number of rotatable bonds is 2. The Bertz CT molecular complexity index is 214. The zero-order chi connectivity index (χ0) is 10.4. The number of amides is 2. The molecule has 1 rings (SSSR count). The molecule has 6 heteroatoms. The lowest BCUT2D eigenvalue weighted by atomic mass is 10.3. The topological polar surface area (TPSA) is 79.5 Å². The highest BCUT2D eigenvalue weighted by Crippen LogP contribution is 1.91. The molecular formula is C8H15N3O3. The van der Waals surface area contributed by atoms with Crippen molar-refractivity contribution < 1.29 is 14.3 Å². The van der Waals surface area contributed by atoms with Gasteiger partial charge in [0, 0.05) is 13.0 Å². The van der Waals surface area contributed by atoms with Gasteiger partial charge in [-0.15, -0.1) is 0 Å². The summed E-state index contributed by atoms with van der Waals surface area (Å²) in [5.41, 5.74) is 4.62. The summed E-state index contributed by atoms with van der Waals surface area (Å²) < 4.78 is 5.10. The number of morpholine rings is 1. The number of hydrogen-bond acceptors (Lipinski definition) is 4. The van der Waals surface area contributed by atoms with Crippen molar-refractivity contribution in [1.82, 2.24) is 16.2 Å². The molecular weight excluding hydrogens is 186 g/mol. The van der Waals surface area contributed by atoms with Crippen molar-refractivity contribution in [3.8, 4) is 0 Å². The molecule has 3 N–H and O–H groups in total. The molecule has 1 saturated heterocycles. The summed E-state index contributed by atoms with van der Waals surface area (Å²) in [6.07, 6.45) is 0.342. The van der Waals surface area contributed by atoms with Gasteiger partial charge >= 0.3 is 0 Å². The van der Waals surface area contributed by atoms with Crippen LogP contribution in [0.1, 0.15) is 13.3 Å². The van der Waals surface area contributed by atoms with E-state index in [-0.39, 0.29) is 17.9 Å². The predicted octanol–water partition coefficient (Wildman–Crippen LogP) is -1.47. The number of carbonyl (C=O) groups is 2. The fourth-order valence-corrected chi connectivity index (χ4v) is 1.04. The Kier molecular flexibility index (Phi) is 4.34. The van der Waals surface area contributed by atoms with Crippen LogP contribution in [0.3, 0.4) is 0 Å². The van der Waals surface area contributed by atoms with Crippen molar-refractivity contribution >= 4 is 11.8 Å². The molecule has 1 atom stereocenters. The van der Waals surface area contributed by atoms with Gasteiger partial charge < -0.3 is 10.1 Å². The number of nitrogens with one attached hydrogen (secondary N) is 3. The number of hydrogen-bond donors (Lipinski definition) is 3.